The summed E-state index contributed by atoms with van der Waals surface area (Å²) in [7, 11) is 1.52. The maximum atomic E-state index is 12.8. The Bertz CT molecular complexity index is 1190. The molecule has 0 radical (unpaired) electrons. The van der Waals surface area contributed by atoms with Crippen LogP contribution in [0, 0.1) is 0 Å². The lowest BCUT2D eigenvalue weighted by Gasteiger charge is -2.06. The molecule has 162 valence electrons. The molecule has 31 heavy (non-hydrogen) atoms. The first-order chi connectivity index (χ1) is 15.0. The van der Waals surface area contributed by atoms with Crippen LogP contribution in [0.25, 0.3) is 10.2 Å². The molecule has 0 saturated carbocycles. The molecule has 0 spiro atoms. The van der Waals surface area contributed by atoms with Gasteiger partial charge in [0.25, 0.3) is 5.91 Å². The third-order valence-corrected chi connectivity index (χ3v) is 5.34. The summed E-state index contributed by atoms with van der Waals surface area (Å²) in [5.41, 5.74) is 1.39. The second-order valence-corrected chi connectivity index (χ2v) is 7.34. The Morgan fingerprint density at radius 2 is 1.77 bits per heavy atom. The highest BCUT2D eigenvalue weighted by molar-refractivity contribution is 7.16. The zero-order chi connectivity index (χ0) is 22.4. The topological polar surface area (TPSA) is 96.2 Å². The van der Waals surface area contributed by atoms with Gasteiger partial charge in [0.05, 0.1) is 36.1 Å². The van der Waals surface area contributed by atoms with Crippen molar-refractivity contribution in [2.24, 2.45) is 4.99 Å². The Balaban J connectivity index is 2.10. The highest BCUT2D eigenvalue weighted by atomic mass is 32.1. The molecule has 2 aromatic carbocycles. The fraction of sp³-hybridized carbons (Fsp3) is 0.273. The van der Waals surface area contributed by atoms with Crippen molar-refractivity contribution >= 4 is 39.4 Å². The lowest BCUT2D eigenvalue weighted by molar-refractivity contribution is -0.143. The molecule has 0 aliphatic carbocycles. The molecule has 1 heterocycles. The van der Waals surface area contributed by atoms with Crippen LogP contribution in [0.3, 0.4) is 0 Å². The third-order valence-electron chi connectivity index (χ3n) is 4.30. The van der Waals surface area contributed by atoms with Gasteiger partial charge in [-0.05, 0) is 50.2 Å². The van der Waals surface area contributed by atoms with Crippen LogP contribution in [-0.2, 0) is 20.8 Å². The zero-order valence-corrected chi connectivity index (χ0v) is 18.2. The summed E-state index contributed by atoms with van der Waals surface area (Å²) >= 11 is 1.20. The minimum Gasteiger partial charge on any atom is -0.497 e. The van der Waals surface area contributed by atoms with E-state index in [1.54, 1.807) is 60.9 Å². The van der Waals surface area contributed by atoms with Gasteiger partial charge in [-0.2, -0.15) is 4.99 Å². The smallest absolute Gasteiger partial charge is 0.338 e. The van der Waals surface area contributed by atoms with E-state index in [2.05, 4.69) is 4.99 Å². The van der Waals surface area contributed by atoms with Gasteiger partial charge in [0.2, 0.25) is 0 Å². The molecule has 0 atom stereocenters. The minimum atomic E-state index is -0.478. The van der Waals surface area contributed by atoms with E-state index in [1.165, 1.54) is 18.4 Å². The SMILES string of the molecule is CCOC(=O)Cn1c(=NC(=O)c2cccc(OC)c2)sc2cc(C(=O)OCC)ccc21. The number of fused-ring (bicyclic) bond motifs is 1. The van der Waals surface area contributed by atoms with Crippen LogP contribution in [0.1, 0.15) is 34.6 Å². The maximum Gasteiger partial charge on any atom is 0.338 e. The predicted octanol–water partition coefficient (Wildman–Crippen LogP) is 3.19. The quantitative estimate of drug-likeness (QED) is 0.522. The molecule has 3 rings (SSSR count). The van der Waals surface area contributed by atoms with Gasteiger partial charge < -0.3 is 18.8 Å². The highest BCUT2D eigenvalue weighted by Gasteiger charge is 2.15. The Morgan fingerprint density at radius 3 is 2.48 bits per heavy atom. The number of rotatable bonds is 7. The number of amides is 1. The fourth-order valence-corrected chi connectivity index (χ4v) is 3.96. The van der Waals surface area contributed by atoms with Crippen LogP contribution in [-0.4, -0.2) is 42.7 Å². The predicted molar refractivity (Wildman–Crippen MR) is 115 cm³/mol. The average molecular weight is 442 g/mol. The van der Waals surface area contributed by atoms with Gasteiger partial charge in [-0.3, -0.25) is 9.59 Å². The first kappa shape index (κ1) is 22.2. The number of carbonyl (C=O) groups excluding carboxylic acids is 3. The number of hydrogen-bond acceptors (Lipinski definition) is 7. The summed E-state index contributed by atoms with van der Waals surface area (Å²) in [5.74, 6) is -0.836. The summed E-state index contributed by atoms with van der Waals surface area (Å²) in [6.07, 6.45) is 0. The Hall–Kier alpha value is -3.46. The van der Waals surface area contributed by atoms with Crippen molar-refractivity contribution in [1.29, 1.82) is 0 Å². The zero-order valence-electron chi connectivity index (χ0n) is 17.4. The summed E-state index contributed by atoms with van der Waals surface area (Å²) in [6.45, 7) is 3.84. The van der Waals surface area contributed by atoms with Gasteiger partial charge in [0.15, 0.2) is 4.80 Å². The molecular weight excluding hydrogens is 420 g/mol. The number of nitrogens with zero attached hydrogens (tertiary/aromatic N) is 2. The largest absolute Gasteiger partial charge is 0.497 e. The van der Waals surface area contributed by atoms with Crippen molar-refractivity contribution in [3.8, 4) is 5.75 Å². The molecule has 0 bridgehead atoms. The number of methoxy groups -OCH3 is 1. The van der Waals surface area contributed by atoms with E-state index in [-0.39, 0.29) is 19.8 Å². The van der Waals surface area contributed by atoms with Gasteiger partial charge in [0.1, 0.15) is 12.3 Å². The lowest BCUT2D eigenvalue weighted by atomic mass is 10.2. The van der Waals surface area contributed by atoms with Crippen LogP contribution in [0.5, 0.6) is 5.75 Å². The summed E-state index contributed by atoms with van der Waals surface area (Å²) in [4.78, 5) is 41.5. The third kappa shape index (κ3) is 5.18. The number of aromatic nitrogens is 1. The molecule has 0 N–H and O–H groups in total. The Labute approximate surface area is 182 Å². The molecule has 8 nitrogen and oxygen atoms in total. The van der Waals surface area contributed by atoms with Crippen LogP contribution in [0.2, 0.25) is 0 Å². The van der Waals surface area contributed by atoms with Crippen LogP contribution in [0.15, 0.2) is 47.5 Å². The number of benzene rings is 2. The Kier molecular flexibility index (Phi) is 7.19. The van der Waals surface area contributed by atoms with E-state index >= 15 is 0 Å². The van der Waals surface area contributed by atoms with Crippen LogP contribution in [0.4, 0.5) is 0 Å². The van der Waals surface area contributed by atoms with Gasteiger partial charge in [-0.15, -0.1) is 0 Å². The van der Waals surface area contributed by atoms with E-state index < -0.39 is 17.8 Å². The van der Waals surface area contributed by atoms with E-state index in [1.807, 2.05) is 0 Å². The standard InChI is InChI=1S/C22H22N2O6S/c1-4-29-19(25)13-24-17-10-9-15(21(27)30-5-2)12-18(17)31-22(24)23-20(26)14-7-6-8-16(11-14)28-3/h6-12H,4-5,13H2,1-3H3. The van der Waals surface area contributed by atoms with Gasteiger partial charge in [-0.1, -0.05) is 17.4 Å². The number of ether oxygens (including phenoxy) is 3. The number of thiazole rings is 1. The fourth-order valence-electron chi connectivity index (χ4n) is 2.90. The van der Waals surface area contributed by atoms with E-state index in [4.69, 9.17) is 14.2 Å². The van der Waals surface area contributed by atoms with E-state index in [0.29, 0.717) is 31.9 Å². The lowest BCUT2D eigenvalue weighted by Crippen LogP contribution is -2.23. The molecule has 0 unspecified atom stereocenters. The molecule has 0 saturated heterocycles. The normalized spacial score (nSPS) is 11.4. The summed E-state index contributed by atoms with van der Waals surface area (Å²) in [6, 6.07) is 11.6. The molecule has 0 fully saturated rings. The second-order valence-electron chi connectivity index (χ2n) is 6.33. The highest BCUT2D eigenvalue weighted by Crippen LogP contribution is 2.21. The summed E-state index contributed by atoms with van der Waals surface area (Å²) < 4.78 is 17.6. The first-order valence-electron chi connectivity index (χ1n) is 9.66. The number of esters is 2. The van der Waals surface area contributed by atoms with Gasteiger partial charge in [0, 0.05) is 5.56 Å². The van der Waals surface area contributed by atoms with Gasteiger partial charge in [-0.25, -0.2) is 4.79 Å². The molecule has 1 aromatic heterocycles. The van der Waals surface area contributed by atoms with Crippen molar-refractivity contribution in [3.63, 3.8) is 0 Å². The van der Waals surface area contributed by atoms with Crippen molar-refractivity contribution in [3.05, 3.63) is 58.4 Å². The molecular formula is C22H22N2O6S. The molecule has 0 aliphatic rings. The van der Waals surface area contributed by atoms with Crippen molar-refractivity contribution < 1.29 is 28.6 Å². The molecule has 1 amide bonds. The van der Waals surface area contributed by atoms with E-state index in [0.717, 1.165) is 0 Å². The summed E-state index contributed by atoms with van der Waals surface area (Å²) in [5, 5.41) is 0. The number of carbonyl (C=O) groups is 3. The second kappa shape index (κ2) is 10.0. The molecule has 0 aliphatic heterocycles. The van der Waals surface area contributed by atoms with Crippen molar-refractivity contribution in [2.75, 3.05) is 20.3 Å². The Morgan fingerprint density at radius 1 is 1.00 bits per heavy atom. The number of hydrogen-bond donors (Lipinski definition) is 0. The molecule has 3 aromatic rings. The van der Waals surface area contributed by atoms with Crippen molar-refractivity contribution in [1.82, 2.24) is 4.57 Å². The minimum absolute atomic E-state index is 0.114. The van der Waals surface area contributed by atoms with Crippen molar-refractivity contribution in [2.45, 2.75) is 20.4 Å². The first-order valence-corrected chi connectivity index (χ1v) is 10.5. The maximum absolute atomic E-state index is 12.8. The monoisotopic (exact) mass is 442 g/mol. The van der Waals surface area contributed by atoms with Crippen LogP contribution >= 0.6 is 11.3 Å². The molecule has 9 heteroatoms. The van der Waals surface area contributed by atoms with Gasteiger partial charge >= 0.3 is 11.9 Å². The van der Waals surface area contributed by atoms with E-state index in [9.17, 15) is 14.4 Å². The average Bonchev–Trinajstić information content (AvgIpc) is 3.10. The van der Waals surface area contributed by atoms with Crippen LogP contribution < -0.4 is 9.54 Å².